The fraction of sp³-hybridized carbons (Fsp3) is 0.500. The number of hydrogen-bond donors (Lipinski definition) is 2. The van der Waals surface area contributed by atoms with Crippen LogP contribution in [0.1, 0.15) is 31.7 Å². The Bertz CT molecular complexity index is 627. The minimum atomic E-state index is -3.54. The molecule has 1 aliphatic carbocycles. The third-order valence-corrected chi connectivity index (χ3v) is 5.08. The molecule has 2 rings (SSSR count). The lowest BCUT2D eigenvalue weighted by Gasteiger charge is -2.31. The number of hydrogen-bond acceptors (Lipinski definition) is 4. The molecule has 1 fully saturated rings. The van der Waals surface area contributed by atoms with E-state index in [9.17, 15) is 8.42 Å². The molecule has 0 aliphatic heterocycles. The maximum absolute atomic E-state index is 12.3. The highest BCUT2D eigenvalue weighted by Gasteiger charge is 2.28. The molecule has 1 saturated carbocycles. The molecule has 1 unspecified atom stereocenters. The molecule has 0 radical (unpaired) electrons. The molecule has 1 aliphatic rings. The summed E-state index contributed by atoms with van der Waals surface area (Å²) in [5.74, 6) is 5.91. The summed E-state index contributed by atoms with van der Waals surface area (Å²) in [4.78, 5) is 4.07. The van der Waals surface area contributed by atoms with E-state index in [4.69, 9.17) is 5.73 Å². The maximum atomic E-state index is 12.3. The van der Waals surface area contributed by atoms with E-state index in [0.717, 1.165) is 12.8 Å². The van der Waals surface area contributed by atoms with Gasteiger partial charge >= 0.3 is 0 Å². The highest BCUT2D eigenvalue weighted by atomic mass is 32.2. The van der Waals surface area contributed by atoms with Gasteiger partial charge in [0.05, 0.1) is 6.54 Å². The third-order valence-electron chi connectivity index (χ3n) is 3.56. The van der Waals surface area contributed by atoms with Crippen LogP contribution in [0, 0.1) is 17.8 Å². The molecule has 1 atom stereocenters. The van der Waals surface area contributed by atoms with Crippen LogP contribution in [0.3, 0.4) is 0 Å². The zero-order valence-electron chi connectivity index (χ0n) is 11.5. The Morgan fingerprint density at radius 1 is 1.50 bits per heavy atom. The highest BCUT2D eigenvalue weighted by Crippen LogP contribution is 2.30. The molecule has 0 saturated heterocycles. The minimum Gasteiger partial charge on any atom is -0.320 e. The van der Waals surface area contributed by atoms with Crippen LogP contribution in [0.15, 0.2) is 23.4 Å². The van der Waals surface area contributed by atoms with Gasteiger partial charge in [-0.15, -0.1) is 0 Å². The fourth-order valence-electron chi connectivity index (χ4n) is 2.14. The predicted octanol–water partition coefficient (Wildman–Crippen LogP) is 0.859. The number of nitrogens with two attached hydrogens (primary N) is 1. The van der Waals surface area contributed by atoms with Crippen LogP contribution in [0.4, 0.5) is 0 Å². The first-order chi connectivity index (χ1) is 9.53. The molecule has 0 aromatic carbocycles. The zero-order valence-corrected chi connectivity index (χ0v) is 12.3. The smallest absolute Gasteiger partial charge is 0.242 e. The number of nitrogens with zero attached hydrogens (tertiary/aromatic N) is 1. The molecule has 6 heteroatoms. The van der Waals surface area contributed by atoms with Gasteiger partial charge in [0.2, 0.25) is 10.0 Å². The molecule has 0 amide bonds. The maximum Gasteiger partial charge on any atom is 0.242 e. The first-order valence-corrected chi connectivity index (χ1v) is 8.17. The van der Waals surface area contributed by atoms with Crippen molar-refractivity contribution in [2.75, 3.05) is 6.54 Å². The molecular weight excluding hydrogens is 274 g/mol. The first-order valence-electron chi connectivity index (χ1n) is 6.69. The van der Waals surface area contributed by atoms with Crippen LogP contribution in [-0.4, -0.2) is 26.0 Å². The topological polar surface area (TPSA) is 85.1 Å². The second kappa shape index (κ2) is 6.35. The summed E-state index contributed by atoms with van der Waals surface area (Å²) in [6.07, 6.45) is 6.22. The van der Waals surface area contributed by atoms with Crippen molar-refractivity contribution in [3.8, 4) is 11.8 Å². The van der Waals surface area contributed by atoms with Gasteiger partial charge in [-0.1, -0.05) is 18.3 Å². The van der Waals surface area contributed by atoms with Crippen molar-refractivity contribution >= 4 is 10.0 Å². The Morgan fingerprint density at radius 2 is 2.25 bits per heavy atom. The molecule has 108 valence electrons. The molecule has 1 aromatic rings. The molecule has 1 heterocycles. The second-order valence-electron chi connectivity index (χ2n) is 5.02. The number of sulfonamides is 1. The Labute approximate surface area is 120 Å². The van der Waals surface area contributed by atoms with Crippen LogP contribution in [0.25, 0.3) is 0 Å². The van der Waals surface area contributed by atoms with Gasteiger partial charge in [-0.3, -0.25) is 4.98 Å². The van der Waals surface area contributed by atoms with Gasteiger partial charge in [0.15, 0.2) is 0 Å². The lowest BCUT2D eigenvalue weighted by atomic mass is 9.81. The van der Waals surface area contributed by atoms with Gasteiger partial charge in [0, 0.05) is 24.0 Å². The largest absolute Gasteiger partial charge is 0.320 e. The van der Waals surface area contributed by atoms with E-state index in [1.807, 2.05) is 6.92 Å². The normalized spacial score (nSPS) is 16.9. The summed E-state index contributed by atoms with van der Waals surface area (Å²) >= 11 is 0. The van der Waals surface area contributed by atoms with E-state index in [1.165, 1.54) is 24.9 Å². The quantitative estimate of drug-likeness (QED) is 0.806. The molecule has 0 spiro atoms. The van der Waals surface area contributed by atoms with E-state index >= 15 is 0 Å². The minimum absolute atomic E-state index is 0.0486. The highest BCUT2D eigenvalue weighted by molar-refractivity contribution is 7.89. The van der Waals surface area contributed by atoms with Gasteiger partial charge in [-0.2, -0.15) is 0 Å². The van der Waals surface area contributed by atoms with E-state index in [1.54, 1.807) is 0 Å². The van der Waals surface area contributed by atoms with E-state index < -0.39 is 10.0 Å². The van der Waals surface area contributed by atoms with Gasteiger partial charge < -0.3 is 5.73 Å². The SMILES string of the molecule is CC(NS(=O)(=O)c1cncc(C#CCN)c1)C1CCC1. The zero-order chi connectivity index (χ0) is 14.6. The average molecular weight is 293 g/mol. The van der Waals surface area contributed by atoms with E-state index in [2.05, 4.69) is 21.5 Å². The number of nitrogens with one attached hydrogen (secondary N) is 1. The predicted molar refractivity (Wildman–Crippen MR) is 77.3 cm³/mol. The van der Waals surface area contributed by atoms with Crippen molar-refractivity contribution in [2.24, 2.45) is 11.7 Å². The molecule has 0 bridgehead atoms. The third kappa shape index (κ3) is 3.57. The lowest BCUT2D eigenvalue weighted by molar-refractivity contribution is 0.260. The van der Waals surface area contributed by atoms with Crippen molar-refractivity contribution in [3.63, 3.8) is 0 Å². The average Bonchev–Trinajstić information content (AvgIpc) is 2.34. The lowest BCUT2D eigenvalue weighted by Crippen LogP contribution is -2.40. The summed E-state index contributed by atoms with van der Waals surface area (Å²) in [6.45, 7) is 2.14. The monoisotopic (exact) mass is 293 g/mol. The number of rotatable bonds is 4. The molecule has 1 aromatic heterocycles. The summed E-state index contributed by atoms with van der Waals surface area (Å²) in [5, 5.41) is 0. The van der Waals surface area contributed by atoms with Gasteiger partial charge in [0.25, 0.3) is 0 Å². The van der Waals surface area contributed by atoms with Crippen molar-refractivity contribution in [2.45, 2.75) is 37.1 Å². The van der Waals surface area contributed by atoms with Crippen LogP contribution in [0.2, 0.25) is 0 Å². The molecule has 5 nitrogen and oxygen atoms in total. The molecule has 20 heavy (non-hydrogen) atoms. The van der Waals surface area contributed by atoms with Crippen LogP contribution >= 0.6 is 0 Å². The van der Waals surface area contributed by atoms with Gasteiger partial charge in [-0.25, -0.2) is 13.1 Å². The van der Waals surface area contributed by atoms with Gasteiger partial charge in [-0.05, 0) is 31.7 Å². The van der Waals surface area contributed by atoms with Crippen LogP contribution in [-0.2, 0) is 10.0 Å². The molecule has 3 N–H and O–H groups in total. The Morgan fingerprint density at radius 3 is 2.85 bits per heavy atom. The number of aromatic nitrogens is 1. The van der Waals surface area contributed by atoms with E-state index in [0.29, 0.717) is 11.5 Å². The Hall–Kier alpha value is -1.42. The second-order valence-corrected chi connectivity index (χ2v) is 6.73. The van der Waals surface area contributed by atoms with Gasteiger partial charge in [0.1, 0.15) is 4.90 Å². The summed E-state index contributed by atoms with van der Waals surface area (Å²) < 4.78 is 27.3. The van der Waals surface area contributed by atoms with Crippen molar-refractivity contribution in [3.05, 3.63) is 24.0 Å². The fourth-order valence-corrected chi connectivity index (χ4v) is 3.44. The Balaban J connectivity index is 2.16. The van der Waals surface area contributed by atoms with Crippen LogP contribution in [0.5, 0.6) is 0 Å². The molecular formula is C14H19N3O2S. The summed E-state index contributed by atoms with van der Waals surface area (Å²) in [5.41, 5.74) is 5.85. The van der Waals surface area contributed by atoms with E-state index in [-0.39, 0.29) is 17.5 Å². The van der Waals surface area contributed by atoms with Crippen molar-refractivity contribution in [1.29, 1.82) is 0 Å². The standard InChI is InChI=1S/C14H19N3O2S/c1-11(13-5-2-6-13)17-20(18,19)14-8-12(4-3-7-15)9-16-10-14/h8-11,13,17H,2,5-7,15H2,1H3. The van der Waals surface area contributed by atoms with Crippen molar-refractivity contribution in [1.82, 2.24) is 9.71 Å². The Kier molecular flexibility index (Phi) is 4.76. The first kappa shape index (κ1) is 15.0. The van der Waals surface area contributed by atoms with Crippen LogP contribution < -0.4 is 10.5 Å². The summed E-state index contributed by atoms with van der Waals surface area (Å²) in [6, 6.07) is 1.47. The number of pyridine rings is 1. The summed E-state index contributed by atoms with van der Waals surface area (Å²) in [7, 11) is -3.54. The van der Waals surface area contributed by atoms with Crippen molar-refractivity contribution < 1.29 is 8.42 Å².